The third-order valence-corrected chi connectivity index (χ3v) is 5.31. The Morgan fingerprint density at radius 2 is 1.75 bits per heavy atom. The normalized spacial score (nSPS) is 11.0. The van der Waals surface area contributed by atoms with E-state index < -0.39 is 0 Å². The summed E-state index contributed by atoms with van der Waals surface area (Å²) in [6.45, 7) is 7.49. The maximum absolute atomic E-state index is 6.05. The van der Waals surface area contributed by atoms with E-state index in [9.17, 15) is 0 Å². The molecule has 4 N–H and O–H groups in total. The van der Waals surface area contributed by atoms with Crippen molar-refractivity contribution in [3.05, 3.63) is 71.4 Å². The van der Waals surface area contributed by atoms with Gasteiger partial charge in [0.05, 0.1) is 18.5 Å². The van der Waals surface area contributed by atoms with Gasteiger partial charge >= 0.3 is 0 Å². The quantitative estimate of drug-likeness (QED) is 0.338. The van der Waals surface area contributed by atoms with Crippen LogP contribution in [-0.2, 0) is 13.1 Å². The van der Waals surface area contributed by atoms with Crippen LogP contribution in [0.4, 0.5) is 11.5 Å². The first-order chi connectivity index (χ1) is 15.4. The molecule has 0 atom stereocenters. The number of nitrogens with two attached hydrogens (primary N) is 1. The number of aryl methyl sites for hydroxylation is 1. The van der Waals surface area contributed by atoms with E-state index in [-0.39, 0.29) is 0 Å². The lowest BCUT2D eigenvalue weighted by Crippen LogP contribution is -2.12. The average molecular weight is 428 g/mol. The van der Waals surface area contributed by atoms with Gasteiger partial charge in [-0.15, -0.1) is 0 Å². The Hall–Kier alpha value is -3.64. The standard InChI is InChI=1S/C26H29N5O/c1-16(2)29-26-17(3)30-25(27)13-22(26)24-12-20-11-19(7-10-23(20)31-24)15-28-14-18-5-8-21(32-4)9-6-18/h5-13,28,31H,14-15H2,1-4H3,(H2,27,30). The number of hydrogen-bond acceptors (Lipinski definition) is 5. The molecular formula is C26H29N5O. The molecule has 0 spiro atoms. The van der Waals surface area contributed by atoms with E-state index in [2.05, 4.69) is 51.7 Å². The van der Waals surface area contributed by atoms with Crippen molar-refractivity contribution in [3.8, 4) is 17.0 Å². The second kappa shape index (κ2) is 9.24. The van der Waals surface area contributed by atoms with Crippen molar-refractivity contribution in [1.82, 2.24) is 15.3 Å². The van der Waals surface area contributed by atoms with Crippen LogP contribution in [0.5, 0.6) is 5.75 Å². The lowest BCUT2D eigenvalue weighted by atomic mass is 10.1. The van der Waals surface area contributed by atoms with Gasteiger partial charge in [-0.1, -0.05) is 18.2 Å². The summed E-state index contributed by atoms with van der Waals surface area (Å²) in [5, 5.41) is 4.66. The van der Waals surface area contributed by atoms with Gasteiger partial charge in [0, 0.05) is 41.0 Å². The van der Waals surface area contributed by atoms with Gasteiger partial charge in [-0.25, -0.2) is 4.98 Å². The van der Waals surface area contributed by atoms with Crippen molar-refractivity contribution in [2.24, 2.45) is 4.99 Å². The Bertz CT molecular complexity index is 1270. The Kier molecular flexibility index (Phi) is 6.23. The minimum Gasteiger partial charge on any atom is -0.497 e. The summed E-state index contributed by atoms with van der Waals surface area (Å²) in [6, 6.07) is 18.6. The summed E-state index contributed by atoms with van der Waals surface area (Å²) in [5.74, 6) is 1.36. The summed E-state index contributed by atoms with van der Waals surface area (Å²) < 4.78 is 5.22. The minimum atomic E-state index is 0.493. The molecule has 4 aromatic rings. The van der Waals surface area contributed by atoms with Gasteiger partial charge < -0.3 is 20.8 Å². The van der Waals surface area contributed by atoms with Crippen LogP contribution >= 0.6 is 0 Å². The number of benzene rings is 2. The summed E-state index contributed by atoms with van der Waals surface area (Å²) in [7, 11) is 1.68. The smallest absolute Gasteiger partial charge is 0.124 e. The highest BCUT2D eigenvalue weighted by atomic mass is 16.5. The number of aromatic amines is 1. The molecule has 0 fully saturated rings. The number of fused-ring (bicyclic) bond motifs is 1. The molecule has 0 saturated carbocycles. The maximum Gasteiger partial charge on any atom is 0.124 e. The van der Waals surface area contributed by atoms with Crippen molar-refractivity contribution >= 4 is 28.1 Å². The largest absolute Gasteiger partial charge is 0.497 e. The monoisotopic (exact) mass is 427 g/mol. The predicted octanol–water partition coefficient (Wildman–Crippen LogP) is 5.53. The van der Waals surface area contributed by atoms with Crippen molar-refractivity contribution in [1.29, 1.82) is 0 Å². The second-order valence-electron chi connectivity index (χ2n) is 8.14. The predicted molar refractivity (Wildman–Crippen MR) is 133 cm³/mol. The average Bonchev–Trinajstić information content (AvgIpc) is 3.19. The molecule has 32 heavy (non-hydrogen) atoms. The van der Waals surface area contributed by atoms with Gasteiger partial charge in [-0.3, -0.25) is 4.99 Å². The van der Waals surface area contributed by atoms with Crippen LogP contribution in [-0.4, -0.2) is 22.8 Å². The van der Waals surface area contributed by atoms with E-state index in [1.54, 1.807) is 7.11 Å². The van der Waals surface area contributed by atoms with E-state index >= 15 is 0 Å². The Morgan fingerprint density at radius 1 is 1.03 bits per heavy atom. The van der Waals surface area contributed by atoms with Crippen LogP contribution in [0.1, 0.15) is 30.7 Å². The first-order valence-electron chi connectivity index (χ1n) is 10.7. The van der Waals surface area contributed by atoms with Gasteiger partial charge in [0.2, 0.25) is 0 Å². The van der Waals surface area contributed by atoms with E-state index in [0.717, 1.165) is 58.1 Å². The third kappa shape index (κ3) is 4.81. The lowest BCUT2D eigenvalue weighted by Gasteiger charge is -2.09. The Morgan fingerprint density at radius 3 is 2.47 bits per heavy atom. The van der Waals surface area contributed by atoms with E-state index in [1.165, 1.54) is 11.1 Å². The van der Waals surface area contributed by atoms with Gasteiger partial charge in [0.25, 0.3) is 0 Å². The number of aliphatic imine (C=N–C) groups is 1. The zero-order chi connectivity index (χ0) is 22.7. The number of methoxy groups -OCH3 is 1. The number of nitrogen functional groups attached to an aromatic ring is 1. The molecular weight excluding hydrogens is 398 g/mol. The van der Waals surface area contributed by atoms with Gasteiger partial charge in [-0.2, -0.15) is 0 Å². The number of nitrogens with one attached hydrogen (secondary N) is 2. The van der Waals surface area contributed by atoms with Crippen LogP contribution in [0.2, 0.25) is 0 Å². The number of H-pyrrole nitrogens is 1. The van der Waals surface area contributed by atoms with E-state index in [4.69, 9.17) is 15.5 Å². The number of nitrogens with zero attached hydrogens (tertiary/aromatic N) is 2. The molecule has 2 aromatic carbocycles. The number of rotatable bonds is 7. The van der Waals surface area contributed by atoms with Gasteiger partial charge in [0.15, 0.2) is 0 Å². The van der Waals surface area contributed by atoms with Gasteiger partial charge in [-0.05, 0) is 68.3 Å². The van der Waals surface area contributed by atoms with Crippen molar-refractivity contribution < 1.29 is 4.74 Å². The summed E-state index contributed by atoms with van der Waals surface area (Å²) >= 11 is 0. The van der Waals surface area contributed by atoms with Crippen LogP contribution in [0, 0.1) is 6.92 Å². The number of pyridine rings is 1. The molecule has 6 heteroatoms. The highest BCUT2D eigenvalue weighted by molar-refractivity contribution is 5.92. The number of anilines is 1. The molecule has 0 saturated heterocycles. The molecule has 0 bridgehead atoms. The fraction of sp³-hybridized carbons (Fsp3) is 0.231. The Balaban J connectivity index is 1.55. The fourth-order valence-corrected chi connectivity index (χ4v) is 3.79. The summed E-state index contributed by atoms with van der Waals surface area (Å²) in [5.41, 5.74) is 14.2. The van der Waals surface area contributed by atoms with E-state index in [1.807, 2.05) is 39.0 Å². The maximum atomic E-state index is 6.05. The fourth-order valence-electron chi connectivity index (χ4n) is 3.79. The molecule has 2 aromatic heterocycles. The van der Waals surface area contributed by atoms with Crippen LogP contribution in [0.3, 0.4) is 0 Å². The molecule has 0 unspecified atom stereocenters. The topological polar surface area (TPSA) is 88.3 Å². The Labute approximate surface area is 188 Å². The molecule has 2 heterocycles. The number of ether oxygens (including phenoxy) is 1. The third-order valence-electron chi connectivity index (χ3n) is 5.31. The lowest BCUT2D eigenvalue weighted by molar-refractivity contribution is 0.414. The van der Waals surface area contributed by atoms with E-state index in [0.29, 0.717) is 5.82 Å². The van der Waals surface area contributed by atoms with Crippen molar-refractivity contribution in [2.45, 2.75) is 33.9 Å². The second-order valence-corrected chi connectivity index (χ2v) is 8.14. The molecule has 6 nitrogen and oxygen atoms in total. The summed E-state index contributed by atoms with van der Waals surface area (Å²) in [4.78, 5) is 12.6. The minimum absolute atomic E-state index is 0.493. The zero-order valence-corrected chi connectivity index (χ0v) is 19.0. The number of aromatic nitrogens is 2. The first kappa shape index (κ1) is 21.6. The van der Waals surface area contributed by atoms with Crippen LogP contribution < -0.4 is 15.8 Å². The SMILES string of the molecule is COc1ccc(CNCc2ccc3[nH]c(-c4cc(N)nc(C)c4N=C(C)C)cc3c2)cc1. The summed E-state index contributed by atoms with van der Waals surface area (Å²) in [6.07, 6.45) is 0. The van der Waals surface area contributed by atoms with Crippen molar-refractivity contribution in [3.63, 3.8) is 0 Å². The molecule has 0 aliphatic rings. The highest BCUT2D eigenvalue weighted by Gasteiger charge is 2.13. The zero-order valence-electron chi connectivity index (χ0n) is 19.0. The molecule has 0 aliphatic carbocycles. The van der Waals surface area contributed by atoms with Crippen molar-refractivity contribution in [2.75, 3.05) is 12.8 Å². The van der Waals surface area contributed by atoms with Gasteiger partial charge in [0.1, 0.15) is 11.6 Å². The molecule has 4 rings (SSSR count). The molecule has 164 valence electrons. The number of hydrogen-bond donors (Lipinski definition) is 3. The molecule has 0 radical (unpaired) electrons. The first-order valence-corrected chi connectivity index (χ1v) is 10.7. The molecule has 0 amide bonds. The highest BCUT2D eigenvalue weighted by Crippen LogP contribution is 2.35. The van der Waals surface area contributed by atoms with Crippen LogP contribution in [0.25, 0.3) is 22.2 Å². The molecule has 0 aliphatic heterocycles. The van der Waals surface area contributed by atoms with Crippen LogP contribution in [0.15, 0.2) is 59.6 Å².